The van der Waals surface area contributed by atoms with Crippen molar-refractivity contribution in [3.8, 4) is 0 Å². The molecule has 0 aromatic carbocycles. The maximum absolute atomic E-state index is 11.1. The van der Waals surface area contributed by atoms with Crippen LogP contribution in [0.25, 0.3) is 0 Å². The lowest BCUT2D eigenvalue weighted by atomic mass is 10.1. The molecule has 96 valence electrons. The van der Waals surface area contributed by atoms with E-state index >= 15 is 0 Å². The topological polar surface area (TPSA) is 26.3 Å². The Morgan fingerprint density at radius 1 is 1.06 bits per heavy atom. The van der Waals surface area contributed by atoms with Crippen molar-refractivity contribution in [3.63, 3.8) is 0 Å². The van der Waals surface area contributed by atoms with Crippen LogP contribution in [-0.4, -0.2) is 11.5 Å². The van der Waals surface area contributed by atoms with Crippen LogP contribution in [0.4, 0.5) is 0 Å². The second-order valence-corrected chi connectivity index (χ2v) is 4.87. The number of esters is 1. The zero-order valence-corrected chi connectivity index (χ0v) is 11.4. The van der Waals surface area contributed by atoms with Gasteiger partial charge in [0.05, 0.1) is 0 Å². The van der Waals surface area contributed by atoms with Crippen LogP contribution in [-0.2, 0) is 9.53 Å². The van der Waals surface area contributed by atoms with Gasteiger partial charge < -0.3 is 4.74 Å². The molecular weight excluding hydrogens is 224 g/mol. The highest BCUT2D eigenvalue weighted by atomic mass is 35.5. The first-order valence-electron chi connectivity index (χ1n) is 6.50. The number of carbonyl (C=O) groups excluding carboxylic acids is 1. The Morgan fingerprint density at radius 3 is 2.06 bits per heavy atom. The fourth-order valence-electron chi connectivity index (χ4n) is 1.64. The lowest BCUT2D eigenvalue weighted by Crippen LogP contribution is -2.08. The van der Waals surface area contributed by atoms with E-state index in [-0.39, 0.29) is 5.97 Å². The third kappa shape index (κ3) is 11.8. The van der Waals surface area contributed by atoms with E-state index in [0.717, 1.165) is 12.8 Å². The monoisotopic (exact) mass is 248 g/mol. The number of ether oxygens (including phenoxy) is 1. The summed E-state index contributed by atoms with van der Waals surface area (Å²) >= 11 is 5.54. The van der Waals surface area contributed by atoms with Crippen molar-refractivity contribution >= 4 is 17.6 Å². The van der Waals surface area contributed by atoms with Gasteiger partial charge in [-0.3, -0.25) is 4.79 Å². The lowest BCUT2D eigenvalue weighted by molar-refractivity contribution is -0.144. The molecule has 3 heteroatoms. The van der Waals surface area contributed by atoms with E-state index in [1.54, 1.807) is 6.92 Å². The molecule has 0 rings (SSSR count). The van der Waals surface area contributed by atoms with Crippen LogP contribution >= 0.6 is 11.6 Å². The largest absolute Gasteiger partial charge is 0.446 e. The highest BCUT2D eigenvalue weighted by Gasteiger charge is 2.05. The summed E-state index contributed by atoms with van der Waals surface area (Å²) in [5.74, 6) is -0.173. The molecule has 0 aromatic heterocycles. The molecule has 2 nitrogen and oxygen atoms in total. The minimum Gasteiger partial charge on any atom is -0.446 e. The number of carbonyl (C=O) groups is 1. The van der Waals surface area contributed by atoms with Gasteiger partial charge in [0.15, 0.2) is 5.56 Å². The molecular formula is C13H25ClO2. The highest BCUT2D eigenvalue weighted by Crippen LogP contribution is 2.10. The smallest absolute Gasteiger partial charge is 0.307 e. The van der Waals surface area contributed by atoms with Gasteiger partial charge in [-0.2, -0.15) is 0 Å². The van der Waals surface area contributed by atoms with Crippen LogP contribution in [0.5, 0.6) is 0 Å². The SMILES string of the molecule is CCCCCCCCCCC(=O)O[C@@H](C)Cl. The molecule has 0 aliphatic rings. The zero-order chi connectivity index (χ0) is 12.2. The molecule has 0 N–H and O–H groups in total. The average molecular weight is 249 g/mol. The van der Waals surface area contributed by atoms with Gasteiger partial charge >= 0.3 is 5.97 Å². The van der Waals surface area contributed by atoms with Gasteiger partial charge in [0, 0.05) is 6.42 Å². The Labute approximate surface area is 105 Å². The summed E-state index contributed by atoms with van der Waals surface area (Å²) in [5, 5.41) is 0. The molecule has 0 unspecified atom stereocenters. The van der Waals surface area contributed by atoms with Crippen molar-refractivity contribution in [2.75, 3.05) is 0 Å². The Bertz CT molecular complexity index is 169. The predicted octanol–water partition coefficient (Wildman–Crippen LogP) is 4.65. The van der Waals surface area contributed by atoms with E-state index in [9.17, 15) is 4.79 Å². The van der Waals surface area contributed by atoms with Crippen LogP contribution in [0, 0.1) is 0 Å². The van der Waals surface area contributed by atoms with Gasteiger partial charge in [-0.1, -0.05) is 63.5 Å². The molecule has 0 aromatic rings. The van der Waals surface area contributed by atoms with Gasteiger partial charge in [-0.25, -0.2) is 0 Å². The summed E-state index contributed by atoms with van der Waals surface area (Å²) in [6.07, 6.45) is 10.4. The van der Waals surface area contributed by atoms with Crippen molar-refractivity contribution in [2.45, 2.75) is 77.2 Å². The van der Waals surface area contributed by atoms with Gasteiger partial charge in [0.2, 0.25) is 0 Å². The number of unbranched alkanes of at least 4 members (excludes halogenated alkanes) is 7. The van der Waals surface area contributed by atoms with Crippen molar-refractivity contribution in [1.82, 2.24) is 0 Å². The quantitative estimate of drug-likeness (QED) is 0.320. The molecule has 0 saturated carbocycles. The minimum absolute atomic E-state index is 0.173. The lowest BCUT2D eigenvalue weighted by Gasteiger charge is -2.05. The third-order valence-corrected chi connectivity index (χ3v) is 2.62. The number of hydrogen-bond acceptors (Lipinski definition) is 2. The summed E-state index contributed by atoms with van der Waals surface area (Å²) in [7, 11) is 0. The van der Waals surface area contributed by atoms with Crippen molar-refractivity contribution in [2.24, 2.45) is 0 Å². The minimum atomic E-state index is -0.499. The fraction of sp³-hybridized carbons (Fsp3) is 0.923. The Kier molecular flexibility index (Phi) is 11.1. The van der Waals surface area contributed by atoms with E-state index in [1.165, 1.54) is 38.5 Å². The molecule has 0 fully saturated rings. The van der Waals surface area contributed by atoms with E-state index < -0.39 is 5.56 Å². The summed E-state index contributed by atoms with van der Waals surface area (Å²) in [6.45, 7) is 3.89. The Balaban J connectivity index is 3.11. The first kappa shape index (κ1) is 15.8. The first-order valence-corrected chi connectivity index (χ1v) is 6.94. The van der Waals surface area contributed by atoms with E-state index in [0.29, 0.717) is 6.42 Å². The van der Waals surface area contributed by atoms with Crippen molar-refractivity contribution in [3.05, 3.63) is 0 Å². The normalized spacial score (nSPS) is 12.4. The third-order valence-electron chi connectivity index (χ3n) is 2.53. The van der Waals surface area contributed by atoms with Crippen LogP contribution in [0.15, 0.2) is 0 Å². The molecule has 0 amide bonds. The van der Waals surface area contributed by atoms with E-state index in [4.69, 9.17) is 16.3 Å². The maximum Gasteiger partial charge on any atom is 0.307 e. The van der Waals surface area contributed by atoms with Gasteiger partial charge in [0.1, 0.15) is 0 Å². The van der Waals surface area contributed by atoms with Gasteiger partial charge in [0.25, 0.3) is 0 Å². The van der Waals surface area contributed by atoms with Crippen LogP contribution < -0.4 is 0 Å². The molecule has 0 bridgehead atoms. The Hall–Kier alpha value is -0.240. The molecule has 1 atom stereocenters. The Morgan fingerprint density at radius 2 is 1.56 bits per heavy atom. The molecule has 0 saturated heterocycles. The van der Waals surface area contributed by atoms with E-state index in [1.807, 2.05) is 0 Å². The summed E-state index contributed by atoms with van der Waals surface area (Å²) in [5.41, 5.74) is -0.499. The number of halogens is 1. The molecule has 0 aliphatic heterocycles. The standard InChI is InChI=1S/C13H25ClO2/c1-3-4-5-6-7-8-9-10-11-13(15)16-12(2)14/h12H,3-11H2,1-2H3/t12-/m0/s1. The second-order valence-electron chi connectivity index (χ2n) is 4.26. The maximum atomic E-state index is 11.1. The number of alkyl halides is 1. The fourth-order valence-corrected chi connectivity index (χ4v) is 1.74. The van der Waals surface area contributed by atoms with Crippen molar-refractivity contribution in [1.29, 1.82) is 0 Å². The van der Waals surface area contributed by atoms with Crippen molar-refractivity contribution < 1.29 is 9.53 Å². The first-order chi connectivity index (χ1) is 7.66. The van der Waals surface area contributed by atoms with Crippen LogP contribution in [0.2, 0.25) is 0 Å². The van der Waals surface area contributed by atoms with E-state index in [2.05, 4.69) is 6.92 Å². The number of hydrogen-bond donors (Lipinski definition) is 0. The van der Waals surface area contributed by atoms with Gasteiger partial charge in [-0.05, 0) is 13.3 Å². The second kappa shape index (κ2) is 11.3. The summed E-state index contributed by atoms with van der Waals surface area (Å²) < 4.78 is 4.84. The zero-order valence-electron chi connectivity index (χ0n) is 10.6. The van der Waals surface area contributed by atoms with Gasteiger partial charge in [-0.15, -0.1) is 0 Å². The van der Waals surface area contributed by atoms with Crippen LogP contribution in [0.1, 0.15) is 71.6 Å². The molecule has 16 heavy (non-hydrogen) atoms. The highest BCUT2D eigenvalue weighted by molar-refractivity contribution is 6.19. The molecule has 0 aliphatic carbocycles. The summed E-state index contributed by atoms with van der Waals surface area (Å²) in [6, 6.07) is 0. The average Bonchev–Trinajstić information content (AvgIpc) is 2.21. The predicted molar refractivity (Wildman–Crippen MR) is 68.6 cm³/mol. The molecule has 0 spiro atoms. The summed E-state index contributed by atoms with van der Waals surface area (Å²) in [4.78, 5) is 11.1. The molecule has 0 heterocycles. The molecule has 0 radical (unpaired) electrons. The van der Waals surface area contributed by atoms with Crippen LogP contribution in [0.3, 0.4) is 0 Å². The number of rotatable bonds is 10.